The number of amides is 2. The second-order valence-corrected chi connectivity index (χ2v) is 5.77. The normalized spacial score (nSPS) is 12.9. The van der Waals surface area contributed by atoms with E-state index in [1.54, 1.807) is 11.9 Å². The number of fused-ring (bicyclic) bond motifs is 1. The standard InChI is InChI=1S/C19H20N2O3/c1-3-24-16-7-4-13(5-8-16)10-18(22)20-15-6-9-17-14(11-15)12-19(23)21(17)2/h4-9,11H,3,10,12H2,1-2H3,(H,20,22). The Bertz CT molecular complexity index is 769. The molecule has 0 saturated heterocycles. The number of ether oxygens (including phenoxy) is 1. The Balaban J connectivity index is 1.63. The predicted molar refractivity (Wildman–Crippen MR) is 93.5 cm³/mol. The van der Waals surface area contributed by atoms with Crippen molar-refractivity contribution in [2.24, 2.45) is 0 Å². The summed E-state index contributed by atoms with van der Waals surface area (Å²) in [7, 11) is 1.76. The minimum Gasteiger partial charge on any atom is -0.494 e. The number of hydrogen-bond donors (Lipinski definition) is 1. The fourth-order valence-electron chi connectivity index (χ4n) is 2.81. The number of nitrogens with zero attached hydrogens (tertiary/aromatic N) is 1. The lowest BCUT2D eigenvalue weighted by Crippen LogP contribution is -2.20. The molecule has 1 heterocycles. The number of benzene rings is 2. The zero-order valence-corrected chi connectivity index (χ0v) is 13.8. The molecule has 0 aliphatic carbocycles. The quantitative estimate of drug-likeness (QED) is 0.920. The van der Waals surface area contributed by atoms with Crippen LogP contribution in [0.25, 0.3) is 0 Å². The zero-order chi connectivity index (χ0) is 17.1. The lowest BCUT2D eigenvalue weighted by Gasteiger charge is -2.11. The second-order valence-electron chi connectivity index (χ2n) is 5.77. The first-order valence-corrected chi connectivity index (χ1v) is 7.98. The average molecular weight is 324 g/mol. The summed E-state index contributed by atoms with van der Waals surface area (Å²) in [6.45, 7) is 2.55. The largest absolute Gasteiger partial charge is 0.494 e. The van der Waals surface area contributed by atoms with Gasteiger partial charge >= 0.3 is 0 Å². The third-order valence-electron chi connectivity index (χ3n) is 4.04. The van der Waals surface area contributed by atoms with Gasteiger partial charge in [0, 0.05) is 18.4 Å². The molecule has 3 rings (SSSR count). The highest BCUT2D eigenvalue weighted by molar-refractivity contribution is 6.02. The van der Waals surface area contributed by atoms with Crippen LogP contribution in [0.3, 0.4) is 0 Å². The maximum atomic E-state index is 12.2. The minimum absolute atomic E-state index is 0.0721. The number of carbonyl (C=O) groups excluding carboxylic acids is 2. The van der Waals surface area contributed by atoms with Crippen molar-refractivity contribution in [2.75, 3.05) is 23.9 Å². The van der Waals surface area contributed by atoms with Crippen LogP contribution >= 0.6 is 0 Å². The Hall–Kier alpha value is -2.82. The molecule has 1 N–H and O–H groups in total. The number of likely N-dealkylation sites (N-methyl/N-ethyl adjacent to an activating group) is 1. The maximum absolute atomic E-state index is 12.2. The molecule has 0 fully saturated rings. The maximum Gasteiger partial charge on any atom is 0.231 e. The van der Waals surface area contributed by atoms with Crippen molar-refractivity contribution in [1.29, 1.82) is 0 Å². The van der Waals surface area contributed by atoms with Gasteiger partial charge in [0.15, 0.2) is 0 Å². The molecule has 0 aromatic heterocycles. The summed E-state index contributed by atoms with van der Waals surface area (Å²) in [5.74, 6) is 0.786. The van der Waals surface area contributed by atoms with Crippen LogP contribution in [0.5, 0.6) is 5.75 Å². The molecular weight excluding hydrogens is 304 g/mol. The molecular formula is C19H20N2O3. The predicted octanol–water partition coefficient (Wildman–Crippen LogP) is 2.79. The van der Waals surface area contributed by atoms with E-state index in [1.165, 1.54) is 0 Å². The number of anilines is 2. The third kappa shape index (κ3) is 3.40. The smallest absolute Gasteiger partial charge is 0.231 e. The lowest BCUT2D eigenvalue weighted by molar-refractivity contribution is -0.117. The van der Waals surface area contributed by atoms with E-state index in [1.807, 2.05) is 49.4 Å². The van der Waals surface area contributed by atoms with Gasteiger partial charge in [-0.25, -0.2) is 0 Å². The van der Waals surface area contributed by atoms with Crippen molar-refractivity contribution in [3.05, 3.63) is 53.6 Å². The van der Waals surface area contributed by atoms with Crippen LogP contribution < -0.4 is 15.0 Å². The molecule has 0 spiro atoms. The summed E-state index contributed by atoms with van der Waals surface area (Å²) in [4.78, 5) is 25.5. The first-order chi connectivity index (χ1) is 11.6. The first-order valence-electron chi connectivity index (χ1n) is 7.98. The fraction of sp³-hybridized carbons (Fsp3) is 0.263. The molecule has 1 aliphatic heterocycles. The highest BCUT2D eigenvalue weighted by atomic mass is 16.5. The molecule has 124 valence electrons. The van der Waals surface area contributed by atoms with E-state index in [-0.39, 0.29) is 11.8 Å². The average Bonchev–Trinajstić information content (AvgIpc) is 2.83. The van der Waals surface area contributed by atoms with Crippen LogP contribution in [0.4, 0.5) is 11.4 Å². The van der Waals surface area contributed by atoms with Gasteiger partial charge in [0.2, 0.25) is 11.8 Å². The summed E-state index contributed by atoms with van der Waals surface area (Å²) in [5.41, 5.74) is 3.49. The third-order valence-corrected chi connectivity index (χ3v) is 4.04. The molecule has 0 radical (unpaired) electrons. The second kappa shape index (κ2) is 6.74. The van der Waals surface area contributed by atoms with Crippen molar-refractivity contribution in [2.45, 2.75) is 19.8 Å². The van der Waals surface area contributed by atoms with Crippen LogP contribution in [0.2, 0.25) is 0 Å². The van der Waals surface area contributed by atoms with Crippen LogP contribution in [0.15, 0.2) is 42.5 Å². The Morgan fingerprint density at radius 3 is 2.67 bits per heavy atom. The number of hydrogen-bond acceptors (Lipinski definition) is 3. The van der Waals surface area contributed by atoms with Crippen molar-refractivity contribution >= 4 is 23.2 Å². The lowest BCUT2D eigenvalue weighted by atomic mass is 10.1. The van der Waals surface area contributed by atoms with Crippen molar-refractivity contribution in [3.8, 4) is 5.75 Å². The molecule has 2 aromatic carbocycles. The van der Waals surface area contributed by atoms with Gasteiger partial charge in [-0.15, -0.1) is 0 Å². The van der Waals surface area contributed by atoms with E-state index in [4.69, 9.17) is 4.74 Å². The Morgan fingerprint density at radius 1 is 1.21 bits per heavy atom. The molecule has 2 aromatic rings. The highest BCUT2D eigenvalue weighted by Crippen LogP contribution is 2.30. The van der Waals surface area contributed by atoms with Crippen molar-refractivity contribution in [1.82, 2.24) is 0 Å². The van der Waals surface area contributed by atoms with Gasteiger partial charge in [-0.3, -0.25) is 9.59 Å². The van der Waals surface area contributed by atoms with Gasteiger partial charge in [0.1, 0.15) is 5.75 Å². The van der Waals surface area contributed by atoms with Crippen LogP contribution in [0.1, 0.15) is 18.1 Å². The monoisotopic (exact) mass is 324 g/mol. The van der Waals surface area contributed by atoms with E-state index in [0.717, 1.165) is 22.6 Å². The molecule has 24 heavy (non-hydrogen) atoms. The Kier molecular flexibility index (Phi) is 4.51. The summed E-state index contributed by atoms with van der Waals surface area (Å²) in [5, 5.41) is 2.89. The van der Waals surface area contributed by atoms with E-state index >= 15 is 0 Å². The van der Waals surface area contributed by atoms with Crippen molar-refractivity contribution < 1.29 is 14.3 Å². The van der Waals surface area contributed by atoms with Gasteiger partial charge in [-0.2, -0.15) is 0 Å². The van der Waals surface area contributed by atoms with Crippen LogP contribution in [-0.2, 0) is 22.4 Å². The summed E-state index contributed by atoms with van der Waals surface area (Å²) in [6.07, 6.45) is 0.677. The first kappa shape index (κ1) is 16.1. The number of rotatable bonds is 5. The molecule has 5 heteroatoms. The molecule has 1 aliphatic rings. The van der Waals surface area contributed by atoms with Gasteiger partial charge < -0.3 is 15.0 Å². The molecule has 0 atom stereocenters. The molecule has 5 nitrogen and oxygen atoms in total. The van der Waals surface area contributed by atoms with E-state index < -0.39 is 0 Å². The van der Waals surface area contributed by atoms with Gasteiger partial charge in [-0.05, 0) is 48.4 Å². The molecule has 0 saturated carbocycles. The van der Waals surface area contributed by atoms with E-state index in [0.29, 0.717) is 25.1 Å². The summed E-state index contributed by atoms with van der Waals surface area (Å²) >= 11 is 0. The number of carbonyl (C=O) groups is 2. The van der Waals surface area contributed by atoms with E-state index in [9.17, 15) is 9.59 Å². The Labute approximate surface area is 141 Å². The summed E-state index contributed by atoms with van der Waals surface area (Å²) < 4.78 is 5.39. The number of nitrogens with one attached hydrogen (secondary N) is 1. The van der Waals surface area contributed by atoms with E-state index in [2.05, 4.69) is 5.32 Å². The Morgan fingerprint density at radius 2 is 1.96 bits per heavy atom. The fourth-order valence-corrected chi connectivity index (χ4v) is 2.81. The molecule has 2 amide bonds. The molecule has 0 unspecified atom stereocenters. The van der Waals surface area contributed by atoms with Crippen molar-refractivity contribution in [3.63, 3.8) is 0 Å². The highest BCUT2D eigenvalue weighted by Gasteiger charge is 2.24. The summed E-state index contributed by atoms with van der Waals surface area (Å²) in [6, 6.07) is 13.1. The molecule has 0 bridgehead atoms. The van der Waals surface area contributed by atoms with Gasteiger partial charge in [0.25, 0.3) is 0 Å². The topological polar surface area (TPSA) is 58.6 Å². The van der Waals surface area contributed by atoms with Crippen LogP contribution in [0, 0.1) is 0 Å². The van der Waals surface area contributed by atoms with Gasteiger partial charge in [-0.1, -0.05) is 12.1 Å². The van der Waals surface area contributed by atoms with Gasteiger partial charge in [0.05, 0.1) is 19.4 Å². The SMILES string of the molecule is CCOc1ccc(CC(=O)Nc2ccc3c(c2)CC(=O)N3C)cc1. The van der Waals surface area contributed by atoms with Crippen LogP contribution in [-0.4, -0.2) is 25.5 Å². The zero-order valence-electron chi connectivity index (χ0n) is 13.8. The minimum atomic E-state index is -0.0863.